The van der Waals surface area contributed by atoms with E-state index in [4.69, 9.17) is 14.2 Å². The summed E-state index contributed by atoms with van der Waals surface area (Å²) in [6.07, 6.45) is 2.98. The van der Waals surface area contributed by atoms with Gasteiger partial charge in [-0.3, -0.25) is 4.79 Å². The number of hydrogen-bond acceptors (Lipinski definition) is 6. The van der Waals surface area contributed by atoms with Gasteiger partial charge in [0.15, 0.2) is 11.5 Å². The van der Waals surface area contributed by atoms with Gasteiger partial charge >= 0.3 is 0 Å². The molecule has 1 N–H and O–H groups in total. The molecule has 1 saturated heterocycles. The van der Waals surface area contributed by atoms with Gasteiger partial charge in [0.1, 0.15) is 5.75 Å². The maximum atomic E-state index is 13.0. The Morgan fingerprint density at radius 2 is 1.55 bits per heavy atom. The van der Waals surface area contributed by atoms with Crippen LogP contribution in [0.1, 0.15) is 35.2 Å². The van der Waals surface area contributed by atoms with Gasteiger partial charge in [-0.25, -0.2) is 13.1 Å². The molecule has 1 amide bonds. The van der Waals surface area contributed by atoms with E-state index in [0.29, 0.717) is 35.9 Å². The summed E-state index contributed by atoms with van der Waals surface area (Å²) in [6, 6.07) is 9.51. The predicted octanol–water partition coefficient (Wildman–Crippen LogP) is 2.82. The molecule has 0 radical (unpaired) electrons. The number of piperidine rings is 1. The maximum Gasteiger partial charge on any atom is 0.257 e. The Hall–Kier alpha value is -2.78. The van der Waals surface area contributed by atoms with Crippen LogP contribution < -0.4 is 18.9 Å². The van der Waals surface area contributed by atoms with Crippen LogP contribution in [0.15, 0.2) is 41.3 Å². The summed E-state index contributed by atoms with van der Waals surface area (Å²) < 4.78 is 44.2. The molecule has 9 heteroatoms. The van der Waals surface area contributed by atoms with E-state index in [1.54, 1.807) is 23.1 Å². The number of rotatable bonds is 8. The number of sulfonamides is 1. The van der Waals surface area contributed by atoms with E-state index in [9.17, 15) is 13.2 Å². The lowest BCUT2D eigenvalue weighted by Crippen LogP contribution is -2.36. The fourth-order valence-corrected chi connectivity index (χ4v) is 4.58. The largest absolute Gasteiger partial charge is 0.496 e. The van der Waals surface area contributed by atoms with Crippen molar-refractivity contribution in [3.8, 4) is 17.2 Å². The molecule has 8 nitrogen and oxygen atoms in total. The van der Waals surface area contributed by atoms with E-state index in [1.807, 2.05) is 0 Å². The molecule has 0 unspecified atom stereocenters. The second kappa shape index (κ2) is 10.0. The van der Waals surface area contributed by atoms with Crippen LogP contribution in [0.25, 0.3) is 0 Å². The van der Waals surface area contributed by atoms with Crippen LogP contribution in [0.2, 0.25) is 0 Å². The molecule has 3 rings (SSSR count). The third kappa shape index (κ3) is 5.29. The van der Waals surface area contributed by atoms with Crippen LogP contribution in [0, 0.1) is 0 Å². The van der Waals surface area contributed by atoms with Gasteiger partial charge in [0.05, 0.1) is 31.8 Å². The number of nitrogens with zero attached hydrogens (tertiary/aromatic N) is 1. The SMILES string of the molecule is COc1ccc(CNS(=O)(=O)c2ccc(OC)c(C(=O)N3CCCCC3)c2)cc1OC. The van der Waals surface area contributed by atoms with Gasteiger partial charge < -0.3 is 19.1 Å². The Balaban J connectivity index is 1.81. The summed E-state index contributed by atoms with van der Waals surface area (Å²) in [7, 11) is 0.663. The summed E-state index contributed by atoms with van der Waals surface area (Å²) in [5.41, 5.74) is 0.956. The standard InChI is InChI=1S/C22H28N2O6S/c1-28-19-10-8-17(14-18(19)22(25)24-11-5-4-6-12-24)31(26,27)23-15-16-7-9-20(29-2)21(13-16)30-3/h7-10,13-14,23H,4-6,11-12,15H2,1-3H3. The van der Waals surface area contributed by atoms with Crippen molar-refractivity contribution < 1.29 is 27.4 Å². The highest BCUT2D eigenvalue weighted by atomic mass is 32.2. The van der Waals surface area contributed by atoms with E-state index in [2.05, 4.69) is 4.72 Å². The van der Waals surface area contributed by atoms with Crippen LogP contribution in [0.5, 0.6) is 17.2 Å². The molecular formula is C22H28N2O6S. The average molecular weight is 449 g/mol. The van der Waals surface area contributed by atoms with Crippen LogP contribution in [-0.2, 0) is 16.6 Å². The van der Waals surface area contributed by atoms with E-state index in [1.165, 1.54) is 39.5 Å². The fourth-order valence-electron chi connectivity index (χ4n) is 3.54. The van der Waals surface area contributed by atoms with Gasteiger partial charge in [0.25, 0.3) is 5.91 Å². The number of methoxy groups -OCH3 is 3. The van der Waals surface area contributed by atoms with E-state index >= 15 is 0 Å². The lowest BCUT2D eigenvalue weighted by Gasteiger charge is -2.27. The van der Waals surface area contributed by atoms with Crippen LogP contribution in [0.4, 0.5) is 0 Å². The average Bonchev–Trinajstić information content (AvgIpc) is 2.82. The monoisotopic (exact) mass is 448 g/mol. The summed E-state index contributed by atoms with van der Waals surface area (Å²) in [5, 5.41) is 0. The molecule has 168 valence electrons. The number of benzene rings is 2. The molecule has 1 aliphatic rings. The second-order valence-corrected chi connectivity index (χ2v) is 9.00. The zero-order valence-corrected chi connectivity index (χ0v) is 18.8. The Kier molecular flexibility index (Phi) is 7.40. The van der Waals surface area contributed by atoms with Crippen LogP contribution in [0.3, 0.4) is 0 Å². The molecule has 1 aliphatic heterocycles. The number of carbonyl (C=O) groups excluding carboxylic acids is 1. The summed E-state index contributed by atoms with van der Waals surface area (Å²) in [4.78, 5) is 14.7. The number of nitrogens with one attached hydrogen (secondary N) is 1. The van der Waals surface area contributed by atoms with E-state index in [0.717, 1.165) is 19.3 Å². The first-order chi connectivity index (χ1) is 14.9. The Bertz CT molecular complexity index is 1030. The molecule has 0 aromatic heterocycles. The Morgan fingerprint density at radius 1 is 0.903 bits per heavy atom. The van der Waals surface area contributed by atoms with Crippen molar-refractivity contribution in [1.82, 2.24) is 9.62 Å². The van der Waals surface area contributed by atoms with Gasteiger partial charge in [-0.2, -0.15) is 0 Å². The molecule has 0 saturated carbocycles. The highest BCUT2D eigenvalue weighted by Crippen LogP contribution is 2.28. The number of amides is 1. The molecule has 1 fully saturated rings. The molecular weight excluding hydrogens is 420 g/mol. The van der Waals surface area contributed by atoms with Crippen LogP contribution in [-0.4, -0.2) is 53.6 Å². The van der Waals surface area contributed by atoms with E-state index in [-0.39, 0.29) is 22.9 Å². The first kappa shape index (κ1) is 22.9. The van der Waals surface area contributed by atoms with Crippen LogP contribution >= 0.6 is 0 Å². The van der Waals surface area contributed by atoms with Crippen molar-refractivity contribution in [1.29, 1.82) is 0 Å². The number of hydrogen-bond donors (Lipinski definition) is 1. The first-order valence-electron chi connectivity index (χ1n) is 10.1. The topological polar surface area (TPSA) is 94.2 Å². The fraction of sp³-hybridized carbons (Fsp3) is 0.409. The van der Waals surface area contributed by atoms with Crippen molar-refractivity contribution in [2.75, 3.05) is 34.4 Å². The predicted molar refractivity (Wildman–Crippen MR) is 116 cm³/mol. The quantitative estimate of drug-likeness (QED) is 0.667. The van der Waals surface area contributed by atoms with Crippen molar-refractivity contribution in [3.05, 3.63) is 47.5 Å². The smallest absolute Gasteiger partial charge is 0.257 e. The normalized spacial score (nSPS) is 14.2. The van der Waals surface area contributed by atoms with Gasteiger partial charge in [0.2, 0.25) is 10.0 Å². The minimum absolute atomic E-state index is 0.00846. The Labute approximate surface area is 183 Å². The minimum atomic E-state index is -3.85. The zero-order valence-electron chi connectivity index (χ0n) is 18.0. The zero-order chi connectivity index (χ0) is 22.4. The van der Waals surface area contributed by atoms with Crippen molar-refractivity contribution in [2.45, 2.75) is 30.7 Å². The van der Waals surface area contributed by atoms with E-state index < -0.39 is 10.0 Å². The molecule has 0 bridgehead atoms. The summed E-state index contributed by atoms with van der Waals surface area (Å²) in [5.74, 6) is 1.21. The molecule has 2 aromatic rings. The maximum absolute atomic E-state index is 13.0. The van der Waals surface area contributed by atoms with Crippen molar-refractivity contribution in [2.24, 2.45) is 0 Å². The second-order valence-electron chi connectivity index (χ2n) is 7.23. The van der Waals surface area contributed by atoms with Crippen molar-refractivity contribution >= 4 is 15.9 Å². The molecule has 0 spiro atoms. The third-order valence-electron chi connectivity index (χ3n) is 5.27. The lowest BCUT2D eigenvalue weighted by molar-refractivity contribution is 0.0720. The van der Waals surface area contributed by atoms with Gasteiger partial charge in [-0.1, -0.05) is 6.07 Å². The Morgan fingerprint density at radius 3 is 2.19 bits per heavy atom. The highest BCUT2D eigenvalue weighted by Gasteiger charge is 2.24. The number of carbonyl (C=O) groups is 1. The van der Waals surface area contributed by atoms with Gasteiger partial charge in [-0.15, -0.1) is 0 Å². The first-order valence-corrected chi connectivity index (χ1v) is 11.6. The van der Waals surface area contributed by atoms with Gasteiger partial charge in [-0.05, 0) is 55.2 Å². The number of ether oxygens (including phenoxy) is 3. The third-order valence-corrected chi connectivity index (χ3v) is 6.67. The summed E-state index contributed by atoms with van der Waals surface area (Å²) >= 11 is 0. The van der Waals surface area contributed by atoms with Gasteiger partial charge in [0, 0.05) is 19.6 Å². The van der Waals surface area contributed by atoms with Crippen molar-refractivity contribution in [3.63, 3.8) is 0 Å². The molecule has 0 atom stereocenters. The molecule has 1 heterocycles. The number of likely N-dealkylation sites (tertiary alicyclic amines) is 1. The summed E-state index contributed by atoms with van der Waals surface area (Å²) in [6.45, 7) is 1.39. The highest BCUT2D eigenvalue weighted by molar-refractivity contribution is 7.89. The lowest BCUT2D eigenvalue weighted by atomic mass is 10.1. The minimum Gasteiger partial charge on any atom is -0.496 e. The molecule has 31 heavy (non-hydrogen) atoms. The molecule has 0 aliphatic carbocycles. The molecule has 2 aromatic carbocycles.